The van der Waals surface area contributed by atoms with Gasteiger partial charge in [-0.15, -0.1) is 0 Å². The van der Waals surface area contributed by atoms with Crippen LogP contribution in [0, 0.1) is 5.82 Å². The zero-order valence-electron chi connectivity index (χ0n) is 22.9. The van der Waals surface area contributed by atoms with Gasteiger partial charge in [-0.3, -0.25) is 0 Å². The number of benzene rings is 2. The number of carboxylic acids is 1. The van der Waals surface area contributed by atoms with Crippen LogP contribution >= 0.6 is 11.6 Å². The van der Waals surface area contributed by atoms with Gasteiger partial charge < -0.3 is 23.9 Å². The Labute approximate surface area is 246 Å². The topological polar surface area (TPSA) is 109 Å². The van der Waals surface area contributed by atoms with Crippen molar-refractivity contribution in [2.24, 2.45) is 0 Å². The van der Waals surface area contributed by atoms with Gasteiger partial charge in [-0.1, -0.05) is 17.7 Å². The molecular weight excluding hydrogens is 563 g/mol. The van der Waals surface area contributed by atoms with Crippen LogP contribution in [0.2, 0.25) is 5.02 Å². The molecule has 4 aliphatic rings. The highest BCUT2D eigenvalue weighted by Gasteiger charge is 2.52. The number of fused-ring (bicyclic) bond motifs is 4. The van der Waals surface area contributed by atoms with Crippen LogP contribution in [0.1, 0.15) is 59.5 Å². The van der Waals surface area contributed by atoms with Gasteiger partial charge in [0.1, 0.15) is 18.2 Å². The van der Waals surface area contributed by atoms with E-state index in [4.69, 9.17) is 35.8 Å². The highest BCUT2D eigenvalue weighted by molar-refractivity contribution is 6.30. The number of halogens is 2. The summed E-state index contributed by atoms with van der Waals surface area (Å²) in [6, 6.07) is 11.7. The monoisotopic (exact) mass is 592 g/mol. The number of ether oxygens (including phenoxy) is 3. The minimum absolute atomic E-state index is 0.0000768. The first-order chi connectivity index (χ1) is 20.3. The van der Waals surface area contributed by atoms with E-state index in [1.165, 1.54) is 6.07 Å². The molecule has 0 radical (unpaired) electrons. The number of carbonyl (C=O) groups is 1. The minimum Gasteiger partial charge on any atom is -0.478 e. The highest BCUT2D eigenvalue weighted by Crippen LogP contribution is 2.51. The maximum Gasteiger partial charge on any atom is 0.335 e. The van der Waals surface area contributed by atoms with E-state index in [0.29, 0.717) is 30.2 Å². The fourth-order valence-electron chi connectivity index (χ4n) is 6.37. The highest BCUT2D eigenvalue weighted by atomic mass is 35.5. The van der Waals surface area contributed by atoms with Gasteiger partial charge in [0.25, 0.3) is 0 Å². The second kappa shape index (κ2) is 10.6. The molecular formula is C31H30ClFN4O5. The third-order valence-electron chi connectivity index (χ3n) is 9.06. The Morgan fingerprint density at radius 2 is 1.98 bits per heavy atom. The SMILES string of the molecule is O=C(O)c1ccc2nc(CC34CCC(c5ccnc(OCc6ccc(Cl)cc6F)n5)(CC3)CO4)n(C[C@@H]3CCO3)c2c1. The van der Waals surface area contributed by atoms with Gasteiger partial charge in [0.2, 0.25) is 0 Å². The molecule has 1 saturated carbocycles. The summed E-state index contributed by atoms with van der Waals surface area (Å²) in [6.45, 7) is 1.90. The Hall–Kier alpha value is -3.60. The van der Waals surface area contributed by atoms with Crippen molar-refractivity contribution in [1.29, 1.82) is 0 Å². The summed E-state index contributed by atoms with van der Waals surface area (Å²) in [5.41, 5.74) is 2.48. The fraction of sp³-hybridized carbons (Fsp3) is 0.419. The molecule has 0 spiro atoms. The van der Waals surface area contributed by atoms with Gasteiger partial charge in [0.15, 0.2) is 0 Å². The lowest BCUT2D eigenvalue weighted by Gasteiger charge is -2.52. The molecule has 3 aliphatic heterocycles. The van der Waals surface area contributed by atoms with Crippen molar-refractivity contribution in [3.05, 3.63) is 82.1 Å². The smallest absolute Gasteiger partial charge is 0.335 e. The average molecular weight is 593 g/mol. The summed E-state index contributed by atoms with van der Waals surface area (Å²) in [4.78, 5) is 25.5. The molecule has 1 N–H and O–H groups in total. The van der Waals surface area contributed by atoms with E-state index < -0.39 is 11.8 Å². The Kier molecular flexibility index (Phi) is 6.87. The number of aromatic nitrogens is 4. The summed E-state index contributed by atoms with van der Waals surface area (Å²) in [5, 5.41) is 9.88. The largest absolute Gasteiger partial charge is 0.478 e. The first-order valence-corrected chi connectivity index (χ1v) is 14.6. The standard InChI is InChI=1S/C31H30ClFN4O5/c32-21-3-1-20(23(33)14-21)17-41-29-34-11-5-26(36-29)30-7-9-31(10-8-30,42-18-30)15-27-35-24-4-2-19(28(38)39)13-25(24)37(27)16-22-6-12-40-22/h1-5,11,13-14,22H,6-10,12,15-18H2,(H,38,39)/t22-,30?,31?/m0/s1. The van der Waals surface area contributed by atoms with E-state index in [9.17, 15) is 14.3 Å². The molecule has 1 aliphatic carbocycles. The van der Waals surface area contributed by atoms with Crippen LogP contribution in [-0.4, -0.2) is 55.5 Å². The molecule has 3 saturated heterocycles. The minimum atomic E-state index is -0.959. The third kappa shape index (κ3) is 5.01. The predicted octanol–water partition coefficient (Wildman–Crippen LogP) is 5.51. The molecule has 0 unspecified atom stereocenters. The van der Waals surface area contributed by atoms with Crippen LogP contribution in [-0.2, 0) is 34.5 Å². The molecule has 2 aromatic carbocycles. The summed E-state index contributed by atoms with van der Waals surface area (Å²) in [6.07, 6.45) is 6.86. The van der Waals surface area contributed by atoms with E-state index in [-0.39, 0.29) is 35.3 Å². The summed E-state index contributed by atoms with van der Waals surface area (Å²) >= 11 is 5.85. The van der Waals surface area contributed by atoms with Crippen LogP contribution < -0.4 is 4.74 Å². The third-order valence-corrected chi connectivity index (χ3v) is 9.29. The Bertz CT molecular complexity index is 1650. The molecule has 5 heterocycles. The van der Waals surface area contributed by atoms with Gasteiger partial charge in [-0.25, -0.2) is 19.2 Å². The summed E-state index contributed by atoms with van der Waals surface area (Å²) < 4.78 is 34.4. The maximum atomic E-state index is 14.2. The molecule has 4 aromatic rings. The lowest BCUT2D eigenvalue weighted by molar-refractivity contribution is -0.158. The van der Waals surface area contributed by atoms with E-state index >= 15 is 0 Å². The Morgan fingerprint density at radius 3 is 2.67 bits per heavy atom. The van der Waals surface area contributed by atoms with Crippen molar-refractivity contribution in [3.63, 3.8) is 0 Å². The molecule has 2 bridgehead atoms. The second-order valence-electron chi connectivity index (χ2n) is 11.6. The van der Waals surface area contributed by atoms with E-state index in [1.54, 1.807) is 36.5 Å². The van der Waals surface area contributed by atoms with E-state index in [2.05, 4.69) is 9.55 Å². The predicted molar refractivity (Wildman–Crippen MR) is 151 cm³/mol. The number of hydrogen-bond acceptors (Lipinski definition) is 7. The fourth-order valence-corrected chi connectivity index (χ4v) is 6.53. The first-order valence-electron chi connectivity index (χ1n) is 14.2. The van der Waals surface area contributed by atoms with Crippen molar-refractivity contribution in [3.8, 4) is 6.01 Å². The van der Waals surface area contributed by atoms with Crippen molar-refractivity contribution in [2.45, 2.75) is 68.8 Å². The van der Waals surface area contributed by atoms with Crippen molar-refractivity contribution in [1.82, 2.24) is 19.5 Å². The van der Waals surface area contributed by atoms with Gasteiger partial charge >= 0.3 is 12.0 Å². The normalized spacial score (nSPS) is 25.0. The quantitative estimate of drug-likeness (QED) is 0.271. The van der Waals surface area contributed by atoms with Crippen molar-refractivity contribution in [2.75, 3.05) is 13.2 Å². The number of aromatic carboxylic acids is 1. The molecule has 8 rings (SSSR count). The molecule has 4 fully saturated rings. The molecule has 218 valence electrons. The lowest BCUT2D eigenvalue weighted by Crippen LogP contribution is -2.54. The number of imidazole rings is 1. The first kappa shape index (κ1) is 27.2. The van der Waals surface area contributed by atoms with Crippen LogP contribution in [0.5, 0.6) is 6.01 Å². The van der Waals surface area contributed by atoms with Gasteiger partial charge in [-0.05, 0) is 68.5 Å². The average Bonchev–Trinajstić information content (AvgIpc) is 3.31. The Morgan fingerprint density at radius 1 is 1.14 bits per heavy atom. The van der Waals surface area contributed by atoms with E-state index in [0.717, 1.165) is 61.3 Å². The number of carboxylic acid groups (broad SMARTS) is 1. The Balaban J connectivity index is 1.08. The second-order valence-corrected chi connectivity index (χ2v) is 12.0. The van der Waals surface area contributed by atoms with Crippen molar-refractivity contribution >= 4 is 28.6 Å². The molecule has 9 nitrogen and oxygen atoms in total. The van der Waals surface area contributed by atoms with Crippen LogP contribution in [0.4, 0.5) is 4.39 Å². The van der Waals surface area contributed by atoms with Gasteiger partial charge in [-0.2, -0.15) is 4.98 Å². The molecule has 0 amide bonds. The maximum absolute atomic E-state index is 14.2. The molecule has 1 atom stereocenters. The van der Waals surface area contributed by atoms with Crippen molar-refractivity contribution < 1.29 is 28.5 Å². The molecule has 2 aromatic heterocycles. The van der Waals surface area contributed by atoms with Gasteiger partial charge in [0.05, 0.1) is 47.1 Å². The van der Waals surface area contributed by atoms with Gasteiger partial charge in [0, 0.05) is 35.2 Å². The number of hydrogen-bond donors (Lipinski definition) is 1. The summed E-state index contributed by atoms with van der Waals surface area (Å²) in [5.74, 6) is -0.499. The van der Waals surface area contributed by atoms with E-state index in [1.807, 2.05) is 6.07 Å². The van der Waals surface area contributed by atoms with Crippen LogP contribution in [0.25, 0.3) is 11.0 Å². The van der Waals surface area contributed by atoms with Crippen LogP contribution in [0.15, 0.2) is 48.7 Å². The molecule has 42 heavy (non-hydrogen) atoms. The number of rotatable bonds is 9. The summed E-state index contributed by atoms with van der Waals surface area (Å²) in [7, 11) is 0. The zero-order valence-corrected chi connectivity index (χ0v) is 23.6. The zero-order chi connectivity index (χ0) is 28.9. The molecule has 11 heteroatoms. The number of nitrogens with zero attached hydrogens (tertiary/aromatic N) is 4. The van der Waals surface area contributed by atoms with Crippen LogP contribution in [0.3, 0.4) is 0 Å². The lowest BCUT2D eigenvalue weighted by atomic mass is 9.63.